The fourth-order valence-corrected chi connectivity index (χ4v) is 7.47. The van der Waals surface area contributed by atoms with Crippen molar-refractivity contribution >= 4 is 17.9 Å². The molecule has 2 heterocycles. The molecule has 2 saturated carbocycles. The molecule has 0 bridgehead atoms. The summed E-state index contributed by atoms with van der Waals surface area (Å²) in [5.41, 5.74) is -11.8. The van der Waals surface area contributed by atoms with E-state index in [0.717, 1.165) is 6.92 Å². The number of aliphatic carboxylic acids is 2. The highest BCUT2D eigenvalue weighted by atomic mass is 16.7. The van der Waals surface area contributed by atoms with Gasteiger partial charge in [0.15, 0.2) is 6.10 Å². The lowest BCUT2D eigenvalue weighted by Crippen LogP contribution is -2.72. The number of rotatable bonds is 3. The molecule has 12 heteroatoms. The number of carboxylic acid groups (broad SMARTS) is 2. The zero-order valence-corrected chi connectivity index (χ0v) is 17.9. The number of aliphatic hydroxyl groups excluding tert-OH is 4. The second-order valence-corrected chi connectivity index (χ2v) is 10.5. The second-order valence-electron chi connectivity index (χ2n) is 10.5. The summed E-state index contributed by atoms with van der Waals surface area (Å²) in [7, 11) is 0. The smallest absolute Gasteiger partial charge is 0.340 e. The van der Waals surface area contributed by atoms with Gasteiger partial charge in [-0.15, -0.1) is 0 Å². The molecule has 0 amide bonds. The minimum absolute atomic E-state index is 0.243. The Hall–Kier alpha value is -1.83. The normalized spacial score (nSPS) is 52.8. The van der Waals surface area contributed by atoms with E-state index in [2.05, 4.69) is 0 Å². The van der Waals surface area contributed by atoms with Crippen LogP contribution in [-0.2, 0) is 23.9 Å². The Labute approximate surface area is 182 Å². The summed E-state index contributed by atoms with van der Waals surface area (Å²) in [4.78, 5) is 37.2. The third-order valence-corrected chi connectivity index (χ3v) is 8.59. The first-order valence-electron chi connectivity index (χ1n) is 10.3. The summed E-state index contributed by atoms with van der Waals surface area (Å²) in [5.74, 6) is -7.77. The van der Waals surface area contributed by atoms with Crippen molar-refractivity contribution in [2.45, 2.75) is 76.0 Å². The fraction of sp³-hybridized carbons (Fsp3) is 0.850. The van der Waals surface area contributed by atoms with E-state index >= 15 is 0 Å². The van der Waals surface area contributed by atoms with Gasteiger partial charge in [0.05, 0.1) is 29.0 Å². The van der Waals surface area contributed by atoms with Crippen molar-refractivity contribution in [2.24, 2.45) is 28.1 Å². The molecule has 4 rings (SSSR count). The Balaban J connectivity index is 2.16. The highest BCUT2D eigenvalue weighted by molar-refractivity contribution is 5.89. The van der Waals surface area contributed by atoms with Gasteiger partial charge in [0, 0.05) is 0 Å². The van der Waals surface area contributed by atoms with E-state index < -0.39 is 87.9 Å². The molecular weight excluding hydrogens is 432 g/mol. The number of aliphatic hydroxyl groups is 5. The van der Waals surface area contributed by atoms with E-state index in [1.54, 1.807) is 20.8 Å². The molecule has 2 aliphatic heterocycles. The van der Waals surface area contributed by atoms with Crippen molar-refractivity contribution < 1.29 is 59.6 Å². The van der Waals surface area contributed by atoms with E-state index in [-0.39, 0.29) is 6.42 Å². The van der Waals surface area contributed by atoms with Crippen LogP contribution in [0, 0.1) is 28.1 Å². The van der Waals surface area contributed by atoms with Crippen LogP contribution in [0.2, 0.25) is 0 Å². The number of hydrogen-bond acceptors (Lipinski definition) is 10. The van der Waals surface area contributed by atoms with Crippen LogP contribution in [-0.4, -0.2) is 95.6 Å². The Morgan fingerprint density at radius 2 is 1.66 bits per heavy atom. The van der Waals surface area contributed by atoms with Crippen LogP contribution in [0.4, 0.5) is 0 Å². The fourth-order valence-electron chi connectivity index (χ4n) is 7.47. The topological polar surface area (TPSA) is 211 Å². The molecular formula is C20H28O12. The predicted octanol–water partition coefficient (Wildman–Crippen LogP) is -2.33. The summed E-state index contributed by atoms with van der Waals surface area (Å²) < 4.78 is 10.8. The number of carbonyl (C=O) groups is 3. The Morgan fingerprint density at radius 1 is 1.09 bits per heavy atom. The van der Waals surface area contributed by atoms with Gasteiger partial charge in [-0.05, 0) is 24.7 Å². The average molecular weight is 460 g/mol. The minimum Gasteiger partial charge on any atom is -0.481 e. The Morgan fingerprint density at radius 3 is 2.12 bits per heavy atom. The highest BCUT2D eigenvalue weighted by Crippen LogP contribution is 2.81. The summed E-state index contributed by atoms with van der Waals surface area (Å²) in [6.07, 6.45) is -10.7. The molecule has 4 aliphatic rings. The number of hydrogen-bond donors (Lipinski definition) is 7. The molecule has 0 aromatic heterocycles. The molecule has 2 saturated heterocycles. The summed E-state index contributed by atoms with van der Waals surface area (Å²) >= 11 is 0. The quantitative estimate of drug-likeness (QED) is 0.221. The number of carboxylic acids is 2. The first-order chi connectivity index (χ1) is 14.5. The lowest BCUT2D eigenvalue weighted by atomic mass is 9.50. The molecule has 0 aromatic rings. The van der Waals surface area contributed by atoms with Gasteiger partial charge in [0.25, 0.3) is 0 Å². The van der Waals surface area contributed by atoms with E-state index in [1.165, 1.54) is 0 Å². The molecule has 12 nitrogen and oxygen atoms in total. The van der Waals surface area contributed by atoms with Gasteiger partial charge in [0.2, 0.25) is 11.9 Å². The van der Waals surface area contributed by atoms with Gasteiger partial charge in [-0.25, -0.2) is 9.59 Å². The number of carbonyl (C=O) groups excluding carboxylic acids is 1. The summed E-state index contributed by atoms with van der Waals surface area (Å²) in [6, 6.07) is 0. The minimum atomic E-state index is -3.17. The monoisotopic (exact) mass is 460 g/mol. The zero-order valence-electron chi connectivity index (χ0n) is 17.9. The van der Waals surface area contributed by atoms with Gasteiger partial charge in [0.1, 0.15) is 11.7 Å². The highest BCUT2D eigenvalue weighted by Gasteiger charge is 2.99. The molecule has 4 fully saturated rings. The van der Waals surface area contributed by atoms with Crippen LogP contribution in [0.1, 0.15) is 34.1 Å². The van der Waals surface area contributed by atoms with Crippen LogP contribution in [0.3, 0.4) is 0 Å². The Bertz CT molecular complexity index is 898. The first-order valence-corrected chi connectivity index (χ1v) is 10.3. The number of ether oxygens (including phenoxy) is 2. The number of esters is 1. The molecule has 32 heavy (non-hydrogen) atoms. The maximum Gasteiger partial charge on any atom is 0.340 e. The Kier molecular flexibility index (Phi) is 4.51. The van der Waals surface area contributed by atoms with Gasteiger partial charge < -0.3 is 45.2 Å². The zero-order chi connectivity index (χ0) is 24.4. The SMILES string of the molecule is C[C@H](C(=O)O)[C@@]1(O)[C@@H](O)[C@@H](O)[C@@]23[C@H](O)C[C@@H](C(C)(C)C)[C@]24[C@@H](OC(=O)[C@@H]4O)O[C@@]13C(=O)O. The van der Waals surface area contributed by atoms with E-state index in [1.807, 2.05) is 0 Å². The molecule has 7 N–H and O–H groups in total. The van der Waals surface area contributed by atoms with Crippen molar-refractivity contribution in [3.63, 3.8) is 0 Å². The van der Waals surface area contributed by atoms with Gasteiger partial charge in [-0.1, -0.05) is 20.8 Å². The molecule has 11 atom stereocenters. The average Bonchev–Trinajstić information content (AvgIpc) is 3.25. The molecule has 0 unspecified atom stereocenters. The predicted molar refractivity (Wildman–Crippen MR) is 99.5 cm³/mol. The summed E-state index contributed by atoms with van der Waals surface area (Å²) in [6.45, 7) is 6.04. The molecule has 0 radical (unpaired) electrons. The van der Waals surface area contributed by atoms with Crippen LogP contribution in [0.25, 0.3) is 0 Å². The van der Waals surface area contributed by atoms with Gasteiger partial charge in [-0.3, -0.25) is 4.79 Å². The van der Waals surface area contributed by atoms with Crippen LogP contribution >= 0.6 is 0 Å². The van der Waals surface area contributed by atoms with Crippen molar-refractivity contribution in [1.82, 2.24) is 0 Å². The molecule has 0 aromatic carbocycles. The molecule has 2 aliphatic carbocycles. The van der Waals surface area contributed by atoms with Crippen molar-refractivity contribution in [3.05, 3.63) is 0 Å². The summed E-state index contributed by atoms with van der Waals surface area (Å²) in [5, 5.41) is 76.3. The standard InChI is InChI=1S/C20H28O12/c1-6(12(25)26)19(30)10(23)9(22)18-8(21)5-7(16(2,3)4)17(18)11(24)13(27)31-15(17)32-20(18,19)14(28)29/h6-11,15,21-24,30H,5H2,1-4H3,(H,25,26)(H,28,29)/t6-,7+,8-,9-,10+,11+,15+,17+,18+,19-,20-/m1/s1. The lowest BCUT2D eigenvalue weighted by molar-refractivity contribution is -0.264. The molecule has 180 valence electrons. The van der Waals surface area contributed by atoms with Crippen molar-refractivity contribution in [2.75, 3.05) is 0 Å². The third-order valence-electron chi connectivity index (χ3n) is 8.59. The first kappa shape index (κ1) is 23.3. The van der Waals surface area contributed by atoms with Crippen molar-refractivity contribution in [3.8, 4) is 0 Å². The van der Waals surface area contributed by atoms with Crippen LogP contribution in [0.5, 0.6) is 0 Å². The van der Waals surface area contributed by atoms with E-state index in [0.29, 0.717) is 0 Å². The maximum absolute atomic E-state index is 12.9. The largest absolute Gasteiger partial charge is 0.481 e. The van der Waals surface area contributed by atoms with Gasteiger partial charge >= 0.3 is 17.9 Å². The second kappa shape index (κ2) is 6.19. The molecule has 2 spiro atoms. The van der Waals surface area contributed by atoms with E-state index in [9.17, 15) is 50.1 Å². The third kappa shape index (κ3) is 1.92. The van der Waals surface area contributed by atoms with Gasteiger partial charge in [-0.2, -0.15) is 0 Å². The lowest BCUT2D eigenvalue weighted by Gasteiger charge is -2.50. The van der Waals surface area contributed by atoms with Crippen molar-refractivity contribution in [1.29, 1.82) is 0 Å². The van der Waals surface area contributed by atoms with Crippen LogP contribution < -0.4 is 0 Å². The van der Waals surface area contributed by atoms with Crippen LogP contribution in [0.15, 0.2) is 0 Å². The van der Waals surface area contributed by atoms with E-state index in [4.69, 9.17) is 9.47 Å². The maximum atomic E-state index is 12.9.